The fourth-order valence-corrected chi connectivity index (χ4v) is 1.45. The lowest BCUT2D eigenvalue weighted by atomic mass is 10.1. The molecular weight excluding hydrogens is 221 g/mol. The summed E-state index contributed by atoms with van der Waals surface area (Å²) in [5.41, 5.74) is 6.78. The molecule has 1 atom stereocenters. The highest BCUT2D eigenvalue weighted by molar-refractivity contribution is 5.55. The van der Waals surface area contributed by atoms with Gasteiger partial charge in [-0.3, -0.25) is 0 Å². The molecule has 4 nitrogen and oxygen atoms in total. The first-order valence-corrected chi connectivity index (χ1v) is 5.42. The predicted octanol–water partition coefficient (Wildman–Crippen LogP) is 2.25. The number of hydrogen-bond acceptors (Lipinski definition) is 4. The number of nitrogens with zero attached hydrogens (tertiary/aromatic N) is 2. The van der Waals surface area contributed by atoms with E-state index in [-0.39, 0.29) is 17.6 Å². The van der Waals surface area contributed by atoms with E-state index in [2.05, 4.69) is 10.1 Å². The summed E-state index contributed by atoms with van der Waals surface area (Å²) in [6.07, 6.45) is 0. The van der Waals surface area contributed by atoms with Crippen LogP contribution in [0.25, 0.3) is 11.5 Å². The summed E-state index contributed by atoms with van der Waals surface area (Å²) in [5, 5.41) is 3.80. The van der Waals surface area contributed by atoms with Crippen LogP contribution in [0, 0.1) is 12.7 Å². The molecule has 0 fully saturated rings. The second-order valence-corrected chi connectivity index (χ2v) is 4.08. The molecule has 1 aromatic carbocycles. The van der Waals surface area contributed by atoms with E-state index in [9.17, 15) is 4.39 Å². The average molecular weight is 235 g/mol. The van der Waals surface area contributed by atoms with E-state index in [0.29, 0.717) is 17.9 Å². The zero-order valence-electron chi connectivity index (χ0n) is 9.77. The van der Waals surface area contributed by atoms with Crippen LogP contribution >= 0.6 is 0 Å². The number of benzene rings is 1. The third-order valence-electron chi connectivity index (χ3n) is 2.59. The van der Waals surface area contributed by atoms with Gasteiger partial charge in [-0.25, -0.2) is 4.39 Å². The minimum atomic E-state index is -0.369. The van der Waals surface area contributed by atoms with Gasteiger partial charge in [0.25, 0.3) is 5.89 Å². The molecule has 2 aromatic rings. The van der Waals surface area contributed by atoms with Gasteiger partial charge in [0.15, 0.2) is 5.82 Å². The lowest BCUT2D eigenvalue weighted by molar-refractivity contribution is 0.416. The Labute approximate surface area is 98.6 Å². The third-order valence-corrected chi connectivity index (χ3v) is 2.59. The molecular formula is C12H14FN3O. The van der Waals surface area contributed by atoms with Crippen LogP contribution in [-0.4, -0.2) is 16.7 Å². The summed E-state index contributed by atoms with van der Waals surface area (Å²) in [6.45, 7) is 4.19. The Morgan fingerprint density at radius 2 is 2.24 bits per heavy atom. The van der Waals surface area contributed by atoms with Crippen LogP contribution in [0.4, 0.5) is 4.39 Å². The van der Waals surface area contributed by atoms with Gasteiger partial charge in [0.2, 0.25) is 0 Å². The summed E-state index contributed by atoms with van der Waals surface area (Å²) in [4.78, 5) is 4.16. The number of halogens is 1. The third kappa shape index (κ3) is 2.34. The van der Waals surface area contributed by atoms with Crippen LogP contribution in [0.1, 0.15) is 24.2 Å². The second kappa shape index (κ2) is 4.63. The summed E-state index contributed by atoms with van der Waals surface area (Å²) in [5.74, 6) is 0.330. The maximum absolute atomic E-state index is 13.6. The van der Waals surface area contributed by atoms with E-state index >= 15 is 0 Å². The Bertz CT molecular complexity index is 524. The van der Waals surface area contributed by atoms with Crippen LogP contribution in [0.15, 0.2) is 22.7 Å². The number of nitrogens with two attached hydrogens (primary N) is 1. The molecule has 1 aromatic heterocycles. The Balaban J connectivity index is 2.40. The molecule has 1 unspecified atom stereocenters. The predicted molar refractivity (Wildman–Crippen MR) is 61.9 cm³/mol. The number of aromatic nitrogens is 2. The fourth-order valence-electron chi connectivity index (χ4n) is 1.45. The van der Waals surface area contributed by atoms with Gasteiger partial charge >= 0.3 is 0 Å². The van der Waals surface area contributed by atoms with Crippen molar-refractivity contribution in [3.8, 4) is 11.5 Å². The van der Waals surface area contributed by atoms with E-state index in [1.165, 1.54) is 6.07 Å². The molecule has 1 heterocycles. The minimum Gasteiger partial charge on any atom is -0.334 e. The van der Waals surface area contributed by atoms with Crippen molar-refractivity contribution in [2.75, 3.05) is 6.54 Å². The Morgan fingerprint density at radius 3 is 2.94 bits per heavy atom. The van der Waals surface area contributed by atoms with Crippen molar-refractivity contribution in [2.45, 2.75) is 19.8 Å². The topological polar surface area (TPSA) is 64.9 Å². The zero-order valence-corrected chi connectivity index (χ0v) is 9.77. The van der Waals surface area contributed by atoms with Gasteiger partial charge in [0.1, 0.15) is 5.82 Å². The second-order valence-electron chi connectivity index (χ2n) is 4.08. The van der Waals surface area contributed by atoms with Crippen molar-refractivity contribution in [1.82, 2.24) is 10.1 Å². The summed E-state index contributed by atoms with van der Waals surface area (Å²) >= 11 is 0. The molecule has 2 N–H and O–H groups in total. The first kappa shape index (κ1) is 11.7. The largest absolute Gasteiger partial charge is 0.334 e. The quantitative estimate of drug-likeness (QED) is 0.886. The van der Waals surface area contributed by atoms with Gasteiger partial charge in [-0.2, -0.15) is 4.98 Å². The van der Waals surface area contributed by atoms with Gasteiger partial charge in [-0.05, 0) is 19.1 Å². The maximum Gasteiger partial charge on any atom is 0.260 e. The first-order chi connectivity index (χ1) is 8.11. The Kier molecular flexibility index (Phi) is 3.19. The number of aryl methyl sites for hydroxylation is 1. The average Bonchev–Trinajstić information content (AvgIpc) is 2.80. The number of hydrogen-bond donors (Lipinski definition) is 1. The molecule has 0 aliphatic carbocycles. The standard InChI is InChI=1S/C12H14FN3O/c1-7-3-4-10(13)9(5-7)12-15-11(16-17-12)8(2)6-14/h3-5,8H,6,14H2,1-2H3. The highest BCUT2D eigenvalue weighted by Crippen LogP contribution is 2.23. The van der Waals surface area contributed by atoms with Gasteiger partial charge in [0.05, 0.1) is 5.56 Å². The van der Waals surface area contributed by atoms with Crippen LogP contribution < -0.4 is 5.73 Å². The highest BCUT2D eigenvalue weighted by Gasteiger charge is 2.16. The van der Waals surface area contributed by atoms with Crippen molar-refractivity contribution in [3.63, 3.8) is 0 Å². The molecule has 0 spiro atoms. The molecule has 0 bridgehead atoms. The van der Waals surface area contributed by atoms with Gasteiger partial charge in [-0.15, -0.1) is 0 Å². The lowest BCUT2D eigenvalue weighted by Crippen LogP contribution is -2.10. The monoisotopic (exact) mass is 235 g/mol. The summed E-state index contributed by atoms with van der Waals surface area (Å²) in [7, 11) is 0. The maximum atomic E-state index is 13.6. The van der Waals surface area contributed by atoms with Crippen molar-refractivity contribution >= 4 is 0 Å². The van der Waals surface area contributed by atoms with E-state index < -0.39 is 0 Å². The van der Waals surface area contributed by atoms with E-state index in [4.69, 9.17) is 10.3 Å². The Morgan fingerprint density at radius 1 is 1.47 bits per heavy atom. The smallest absolute Gasteiger partial charge is 0.260 e. The summed E-state index contributed by atoms with van der Waals surface area (Å²) < 4.78 is 18.6. The molecule has 90 valence electrons. The van der Waals surface area contributed by atoms with Crippen LogP contribution in [0.5, 0.6) is 0 Å². The van der Waals surface area contributed by atoms with Crippen molar-refractivity contribution < 1.29 is 8.91 Å². The molecule has 0 amide bonds. The summed E-state index contributed by atoms with van der Waals surface area (Å²) in [6, 6.07) is 4.76. The van der Waals surface area contributed by atoms with Crippen molar-refractivity contribution in [3.05, 3.63) is 35.4 Å². The molecule has 5 heteroatoms. The van der Waals surface area contributed by atoms with Gasteiger partial charge in [0, 0.05) is 12.5 Å². The first-order valence-electron chi connectivity index (χ1n) is 5.42. The molecule has 2 rings (SSSR count). The van der Waals surface area contributed by atoms with Crippen molar-refractivity contribution in [2.24, 2.45) is 5.73 Å². The number of rotatable bonds is 3. The van der Waals surface area contributed by atoms with Gasteiger partial charge in [-0.1, -0.05) is 23.7 Å². The zero-order chi connectivity index (χ0) is 12.4. The van der Waals surface area contributed by atoms with Crippen molar-refractivity contribution in [1.29, 1.82) is 0 Å². The van der Waals surface area contributed by atoms with E-state index in [1.54, 1.807) is 12.1 Å². The molecule has 0 radical (unpaired) electrons. The van der Waals surface area contributed by atoms with E-state index in [0.717, 1.165) is 5.56 Å². The molecule has 0 saturated carbocycles. The normalized spacial score (nSPS) is 12.7. The molecule has 0 aliphatic rings. The highest BCUT2D eigenvalue weighted by atomic mass is 19.1. The molecule has 0 saturated heterocycles. The van der Waals surface area contributed by atoms with Crippen LogP contribution in [0.3, 0.4) is 0 Å². The molecule has 0 aliphatic heterocycles. The lowest BCUT2D eigenvalue weighted by Gasteiger charge is -2.00. The molecule has 17 heavy (non-hydrogen) atoms. The van der Waals surface area contributed by atoms with Crippen LogP contribution in [-0.2, 0) is 0 Å². The Hall–Kier alpha value is -1.75. The minimum absolute atomic E-state index is 0.000343. The fraction of sp³-hybridized carbons (Fsp3) is 0.333. The van der Waals surface area contributed by atoms with Gasteiger partial charge < -0.3 is 10.3 Å². The SMILES string of the molecule is Cc1ccc(F)c(-c2nc(C(C)CN)no2)c1. The van der Waals surface area contributed by atoms with Crippen LogP contribution in [0.2, 0.25) is 0 Å². The van der Waals surface area contributed by atoms with E-state index in [1.807, 2.05) is 13.8 Å².